The summed E-state index contributed by atoms with van der Waals surface area (Å²) in [6, 6.07) is 0. The normalized spacial score (nSPS) is 17.4. The van der Waals surface area contributed by atoms with Crippen molar-refractivity contribution in [1.82, 2.24) is 9.97 Å². The van der Waals surface area contributed by atoms with E-state index in [1.165, 1.54) is 31.9 Å². The van der Waals surface area contributed by atoms with Gasteiger partial charge in [-0.3, -0.25) is 0 Å². The minimum absolute atomic E-state index is 0.110. The molecule has 4 heteroatoms. The van der Waals surface area contributed by atoms with Gasteiger partial charge in [-0.25, -0.2) is 14.8 Å². The number of nitrogens with zero attached hydrogens (tertiary/aromatic N) is 2. The molecule has 0 atom stereocenters. The number of carboxylic acids is 1. The van der Waals surface area contributed by atoms with Gasteiger partial charge in [-0.15, -0.1) is 0 Å². The summed E-state index contributed by atoms with van der Waals surface area (Å²) in [5.41, 5.74) is 0.911. The quantitative estimate of drug-likeness (QED) is 0.843. The molecule has 0 bridgehead atoms. The van der Waals surface area contributed by atoms with Crippen molar-refractivity contribution in [3.05, 3.63) is 23.3 Å². The van der Waals surface area contributed by atoms with Crippen LogP contribution in [0.2, 0.25) is 0 Å². The minimum Gasteiger partial charge on any atom is -0.478 e. The van der Waals surface area contributed by atoms with Crippen LogP contribution >= 0.6 is 0 Å². The van der Waals surface area contributed by atoms with Gasteiger partial charge < -0.3 is 5.11 Å². The standard InChI is InChI=1S/C15H22N2O2/c1-10(2)13-12(15(18)19)9-16-14(17-13)11-7-5-3-4-6-8-11/h9-11H,3-8H2,1-2H3,(H,18,19). The van der Waals surface area contributed by atoms with Crippen LogP contribution in [-0.4, -0.2) is 21.0 Å². The van der Waals surface area contributed by atoms with Crippen LogP contribution in [-0.2, 0) is 0 Å². The molecular weight excluding hydrogens is 240 g/mol. The highest BCUT2D eigenvalue weighted by molar-refractivity contribution is 5.88. The highest BCUT2D eigenvalue weighted by Crippen LogP contribution is 2.30. The molecule has 0 amide bonds. The highest BCUT2D eigenvalue weighted by Gasteiger charge is 2.21. The van der Waals surface area contributed by atoms with E-state index in [0.29, 0.717) is 11.6 Å². The second kappa shape index (κ2) is 6.13. The van der Waals surface area contributed by atoms with Crippen molar-refractivity contribution in [2.75, 3.05) is 0 Å². The van der Waals surface area contributed by atoms with Crippen molar-refractivity contribution in [1.29, 1.82) is 0 Å². The molecule has 0 saturated heterocycles. The Hall–Kier alpha value is -1.45. The van der Waals surface area contributed by atoms with E-state index in [2.05, 4.69) is 9.97 Å². The van der Waals surface area contributed by atoms with Crippen molar-refractivity contribution in [3.63, 3.8) is 0 Å². The fourth-order valence-electron chi connectivity index (χ4n) is 2.75. The Morgan fingerprint density at radius 2 is 1.89 bits per heavy atom. The summed E-state index contributed by atoms with van der Waals surface area (Å²) in [6.07, 6.45) is 8.79. The summed E-state index contributed by atoms with van der Waals surface area (Å²) in [5.74, 6) is 0.424. The van der Waals surface area contributed by atoms with Crippen LogP contribution in [0.25, 0.3) is 0 Å². The van der Waals surface area contributed by atoms with E-state index in [1.54, 1.807) is 0 Å². The molecule has 0 aliphatic heterocycles. The van der Waals surface area contributed by atoms with E-state index in [-0.39, 0.29) is 11.5 Å². The Labute approximate surface area is 114 Å². The van der Waals surface area contributed by atoms with Crippen LogP contribution in [0.15, 0.2) is 6.20 Å². The second-order valence-electron chi connectivity index (χ2n) is 5.68. The number of aromatic carboxylic acids is 1. The van der Waals surface area contributed by atoms with E-state index >= 15 is 0 Å². The fourth-order valence-corrected chi connectivity index (χ4v) is 2.75. The number of rotatable bonds is 3. The van der Waals surface area contributed by atoms with Crippen LogP contribution < -0.4 is 0 Å². The molecule has 1 N–H and O–H groups in total. The summed E-state index contributed by atoms with van der Waals surface area (Å²) in [4.78, 5) is 20.1. The summed E-state index contributed by atoms with van der Waals surface area (Å²) in [7, 11) is 0. The summed E-state index contributed by atoms with van der Waals surface area (Å²) in [5, 5.41) is 9.18. The van der Waals surface area contributed by atoms with Gasteiger partial charge in [0.15, 0.2) is 0 Å². The topological polar surface area (TPSA) is 63.1 Å². The predicted molar refractivity (Wildman–Crippen MR) is 73.5 cm³/mol. The Bertz CT molecular complexity index is 449. The van der Waals surface area contributed by atoms with Gasteiger partial charge in [0.1, 0.15) is 5.82 Å². The number of hydrogen-bond acceptors (Lipinski definition) is 3. The third-order valence-corrected chi connectivity index (χ3v) is 3.83. The summed E-state index contributed by atoms with van der Waals surface area (Å²) < 4.78 is 0. The zero-order valence-corrected chi connectivity index (χ0v) is 11.7. The van der Waals surface area contributed by atoms with Gasteiger partial charge in [0.2, 0.25) is 0 Å². The molecule has 19 heavy (non-hydrogen) atoms. The first-order valence-corrected chi connectivity index (χ1v) is 7.19. The molecule has 1 aliphatic carbocycles. The average Bonchev–Trinajstić information content (AvgIpc) is 2.66. The monoisotopic (exact) mass is 262 g/mol. The molecule has 0 unspecified atom stereocenters. The van der Waals surface area contributed by atoms with E-state index in [9.17, 15) is 9.90 Å². The smallest absolute Gasteiger partial charge is 0.339 e. The van der Waals surface area contributed by atoms with Gasteiger partial charge in [0, 0.05) is 12.1 Å². The van der Waals surface area contributed by atoms with Crippen LogP contribution in [0.5, 0.6) is 0 Å². The maximum absolute atomic E-state index is 11.2. The zero-order chi connectivity index (χ0) is 13.8. The third-order valence-electron chi connectivity index (χ3n) is 3.83. The van der Waals surface area contributed by atoms with Crippen LogP contribution in [0, 0.1) is 0 Å². The van der Waals surface area contributed by atoms with Crippen molar-refractivity contribution >= 4 is 5.97 Å². The Morgan fingerprint density at radius 1 is 1.26 bits per heavy atom. The molecule has 1 heterocycles. The molecule has 4 nitrogen and oxygen atoms in total. The number of carboxylic acid groups (broad SMARTS) is 1. The van der Waals surface area contributed by atoms with E-state index < -0.39 is 5.97 Å². The van der Waals surface area contributed by atoms with Gasteiger partial charge in [-0.2, -0.15) is 0 Å². The predicted octanol–water partition coefficient (Wildman–Crippen LogP) is 3.74. The van der Waals surface area contributed by atoms with Crippen LogP contribution in [0.3, 0.4) is 0 Å². The summed E-state index contributed by atoms with van der Waals surface area (Å²) >= 11 is 0. The molecule has 1 fully saturated rings. The van der Waals surface area contributed by atoms with Crippen molar-refractivity contribution in [2.24, 2.45) is 0 Å². The Morgan fingerprint density at radius 3 is 2.42 bits per heavy atom. The van der Waals surface area contributed by atoms with Crippen molar-refractivity contribution in [3.8, 4) is 0 Å². The Balaban J connectivity index is 2.31. The number of carbonyl (C=O) groups is 1. The molecule has 2 rings (SSSR count). The van der Waals surface area contributed by atoms with Gasteiger partial charge in [-0.1, -0.05) is 39.5 Å². The SMILES string of the molecule is CC(C)c1nc(C2CCCCCC2)ncc1C(=O)O. The summed E-state index contributed by atoms with van der Waals surface area (Å²) in [6.45, 7) is 3.96. The molecule has 0 aromatic carbocycles. The molecular formula is C15H22N2O2. The van der Waals surface area contributed by atoms with E-state index in [0.717, 1.165) is 18.7 Å². The lowest BCUT2D eigenvalue weighted by atomic mass is 9.98. The maximum atomic E-state index is 11.2. The van der Waals surface area contributed by atoms with Crippen molar-refractivity contribution < 1.29 is 9.90 Å². The van der Waals surface area contributed by atoms with E-state index in [4.69, 9.17) is 0 Å². The lowest BCUT2D eigenvalue weighted by Crippen LogP contribution is -2.12. The first-order chi connectivity index (χ1) is 9.09. The minimum atomic E-state index is -0.934. The lowest BCUT2D eigenvalue weighted by Gasteiger charge is -2.16. The first-order valence-electron chi connectivity index (χ1n) is 7.19. The van der Waals surface area contributed by atoms with Crippen molar-refractivity contribution in [2.45, 2.75) is 64.2 Å². The van der Waals surface area contributed by atoms with E-state index in [1.807, 2.05) is 13.8 Å². The third kappa shape index (κ3) is 3.31. The molecule has 1 saturated carbocycles. The first kappa shape index (κ1) is 14.0. The van der Waals surface area contributed by atoms with Gasteiger partial charge >= 0.3 is 5.97 Å². The maximum Gasteiger partial charge on any atom is 0.339 e. The average molecular weight is 262 g/mol. The second-order valence-corrected chi connectivity index (χ2v) is 5.68. The van der Waals surface area contributed by atoms with Crippen LogP contribution in [0.4, 0.5) is 0 Å². The van der Waals surface area contributed by atoms with Gasteiger partial charge in [-0.05, 0) is 18.8 Å². The molecule has 104 valence electrons. The molecule has 0 spiro atoms. The highest BCUT2D eigenvalue weighted by atomic mass is 16.4. The molecule has 1 aliphatic rings. The largest absolute Gasteiger partial charge is 0.478 e. The molecule has 1 aromatic rings. The number of hydrogen-bond donors (Lipinski definition) is 1. The van der Waals surface area contributed by atoms with Gasteiger partial charge in [0.05, 0.1) is 11.3 Å². The van der Waals surface area contributed by atoms with Gasteiger partial charge in [0.25, 0.3) is 0 Å². The van der Waals surface area contributed by atoms with Crippen LogP contribution in [0.1, 0.15) is 86.1 Å². The molecule has 0 radical (unpaired) electrons. The Kier molecular flexibility index (Phi) is 4.51. The fraction of sp³-hybridized carbons (Fsp3) is 0.667. The number of aromatic nitrogens is 2. The zero-order valence-electron chi connectivity index (χ0n) is 11.7. The molecule has 1 aromatic heterocycles. The lowest BCUT2D eigenvalue weighted by molar-refractivity contribution is 0.0694.